The Morgan fingerprint density at radius 2 is 2.10 bits per heavy atom. The highest BCUT2D eigenvalue weighted by Gasteiger charge is 2.11. The van der Waals surface area contributed by atoms with Gasteiger partial charge in [-0.1, -0.05) is 17.7 Å². The van der Waals surface area contributed by atoms with Crippen molar-refractivity contribution in [3.63, 3.8) is 0 Å². The maximum atomic E-state index is 12.9. The van der Waals surface area contributed by atoms with Crippen molar-refractivity contribution in [1.29, 1.82) is 0 Å². The second kappa shape index (κ2) is 6.81. The molecule has 2 rings (SSSR count). The highest BCUT2D eigenvalue weighted by atomic mass is 35.5. The molecule has 1 N–H and O–H groups in total. The van der Waals surface area contributed by atoms with Crippen LogP contribution >= 0.6 is 11.6 Å². The van der Waals surface area contributed by atoms with Gasteiger partial charge < -0.3 is 10.1 Å². The van der Waals surface area contributed by atoms with E-state index in [0.717, 1.165) is 6.07 Å². The molecule has 1 aromatic heterocycles. The van der Waals surface area contributed by atoms with Gasteiger partial charge in [0.25, 0.3) is 5.91 Å². The van der Waals surface area contributed by atoms with Crippen molar-refractivity contribution in [2.24, 2.45) is 0 Å². The van der Waals surface area contributed by atoms with Crippen LogP contribution in [-0.4, -0.2) is 23.5 Å². The Bertz CT molecular complexity index is 662. The number of rotatable bonds is 4. The lowest BCUT2D eigenvalue weighted by Crippen LogP contribution is -2.21. The minimum absolute atomic E-state index is 0.179. The van der Waals surface area contributed by atoms with E-state index in [-0.39, 0.29) is 16.4 Å². The molecular formula is C14H10ClFN2O3. The fourth-order valence-corrected chi connectivity index (χ4v) is 1.59. The summed E-state index contributed by atoms with van der Waals surface area (Å²) in [6.07, 6.45) is 1.25. The number of anilines is 1. The SMILES string of the molecule is O=C(COC(=O)c1ccc(Cl)nc1)Nc1cccc(F)c1. The second-order valence-electron chi connectivity index (χ2n) is 4.00. The molecule has 0 aliphatic rings. The van der Waals surface area contributed by atoms with Crippen LogP contribution in [0.1, 0.15) is 10.4 Å². The molecular weight excluding hydrogens is 299 g/mol. The highest BCUT2D eigenvalue weighted by Crippen LogP contribution is 2.09. The van der Waals surface area contributed by atoms with Crippen LogP contribution < -0.4 is 5.32 Å². The van der Waals surface area contributed by atoms with E-state index < -0.39 is 24.3 Å². The zero-order valence-electron chi connectivity index (χ0n) is 10.7. The van der Waals surface area contributed by atoms with E-state index in [4.69, 9.17) is 16.3 Å². The number of carbonyl (C=O) groups is 2. The summed E-state index contributed by atoms with van der Waals surface area (Å²) in [4.78, 5) is 26.9. The van der Waals surface area contributed by atoms with Gasteiger partial charge in [0.05, 0.1) is 5.56 Å². The van der Waals surface area contributed by atoms with Crippen molar-refractivity contribution in [1.82, 2.24) is 4.98 Å². The lowest BCUT2D eigenvalue weighted by Gasteiger charge is -2.06. The predicted molar refractivity (Wildman–Crippen MR) is 74.6 cm³/mol. The molecule has 0 atom stereocenters. The number of halogens is 2. The molecule has 108 valence electrons. The van der Waals surface area contributed by atoms with Crippen LogP contribution in [0.25, 0.3) is 0 Å². The maximum absolute atomic E-state index is 12.9. The Balaban J connectivity index is 1.86. The summed E-state index contributed by atoms with van der Waals surface area (Å²) in [6.45, 7) is -0.488. The molecule has 1 aromatic carbocycles. The number of aromatic nitrogens is 1. The van der Waals surface area contributed by atoms with Gasteiger partial charge >= 0.3 is 5.97 Å². The lowest BCUT2D eigenvalue weighted by molar-refractivity contribution is -0.119. The number of carbonyl (C=O) groups excluding carboxylic acids is 2. The first kappa shape index (κ1) is 14.9. The summed E-state index contributed by atoms with van der Waals surface area (Å²) >= 11 is 5.59. The fraction of sp³-hybridized carbons (Fsp3) is 0.0714. The van der Waals surface area contributed by atoms with Gasteiger partial charge in [0.15, 0.2) is 6.61 Å². The smallest absolute Gasteiger partial charge is 0.340 e. The first-order valence-corrected chi connectivity index (χ1v) is 6.26. The number of pyridine rings is 1. The number of ether oxygens (including phenoxy) is 1. The van der Waals surface area contributed by atoms with Crippen LogP contribution in [0.3, 0.4) is 0 Å². The van der Waals surface area contributed by atoms with Crippen LogP contribution in [-0.2, 0) is 9.53 Å². The third kappa shape index (κ3) is 4.54. The summed E-state index contributed by atoms with van der Waals surface area (Å²) in [6, 6.07) is 8.25. The summed E-state index contributed by atoms with van der Waals surface area (Å²) in [5, 5.41) is 2.65. The van der Waals surface area contributed by atoms with Crippen molar-refractivity contribution in [3.8, 4) is 0 Å². The van der Waals surface area contributed by atoms with Crippen molar-refractivity contribution >= 4 is 29.2 Å². The standard InChI is InChI=1S/C14H10ClFN2O3/c15-12-5-4-9(7-17-12)14(20)21-8-13(19)18-11-3-1-2-10(16)6-11/h1-7H,8H2,(H,18,19). The summed E-state index contributed by atoms with van der Waals surface area (Å²) in [5.74, 6) is -1.75. The van der Waals surface area contributed by atoms with Gasteiger partial charge in [-0.2, -0.15) is 0 Å². The van der Waals surface area contributed by atoms with Crippen LogP contribution in [0.5, 0.6) is 0 Å². The van der Waals surface area contributed by atoms with Crippen LogP contribution in [0.15, 0.2) is 42.6 Å². The van der Waals surface area contributed by atoms with E-state index >= 15 is 0 Å². The molecule has 0 aliphatic heterocycles. The number of hydrogen-bond donors (Lipinski definition) is 1. The monoisotopic (exact) mass is 308 g/mol. The molecule has 5 nitrogen and oxygen atoms in total. The van der Waals surface area contributed by atoms with Crippen molar-refractivity contribution in [3.05, 3.63) is 59.1 Å². The van der Waals surface area contributed by atoms with Crippen LogP contribution in [0, 0.1) is 5.82 Å². The van der Waals surface area contributed by atoms with E-state index in [1.807, 2.05) is 0 Å². The molecule has 7 heteroatoms. The van der Waals surface area contributed by atoms with Gasteiger partial charge in [-0.05, 0) is 30.3 Å². The fourth-order valence-electron chi connectivity index (χ4n) is 1.47. The van der Waals surface area contributed by atoms with E-state index in [2.05, 4.69) is 10.3 Å². The van der Waals surface area contributed by atoms with Gasteiger partial charge in [0, 0.05) is 11.9 Å². The number of nitrogens with one attached hydrogen (secondary N) is 1. The number of nitrogens with zero attached hydrogens (tertiary/aromatic N) is 1. The maximum Gasteiger partial charge on any atom is 0.340 e. The molecule has 0 saturated heterocycles. The van der Waals surface area contributed by atoms with Gasteiger partial charge in [0.1, 0.15) is 11.0 Å². The number of benzene rings is 1. The Hall–Kier alpha value is -2.47. The number of esters is 1. The molecule has 0 saturated carbocycles. The third-order valence-electron chi connectivity index (χ3n) is 2.41. The van der Waals surface area contributed by atoms with Crippen molar-refractivity contribution in [2.45, 2.75) is 0 Å². The Morgan fingerprint density at radius 3 is 2.76 bits per heavy atom. The van der Waals surface area contributed by atoms with Gasteiger partial charge in [0.2, 0.25) is 0 Å². The largest absolute Gasteiger partial charge is 0.452 e. The minimum Gasteiger partial charge on any atom is -0.452 e. The minimum atomic E-state index is -0.700. The molecule has 21 heavy (non-hydrogen) atoms. The van der Waals surface area contributed by atoms with E-state index in [0.29, 0.717) is 0 Å². The zero-order valence-corrected chi connectivity index (χ0v) is 11.4. The molecule has 0 spiro atoms. The first-order valence-electron chi connectivity index (χ1n) is 5.89. The Labute approximate surface area is 124 Å². The van der Waals surface area contributed by atoms with Crippen LogP contribution in [0.4, 0.5) is 10.1 Å². The van der Waals surface area contributed by atoms with E-state index in [1.54, 1.807) is 0 Å². The molecule has 0 aliphatic carbocycles. The molecule has 1 amide bonds. The summed E-state index contributed by atoms with van der Waals surface area (Å²) < 4.78 is 17.7. The molecule has 1 heterocycles. The average molecular weight is 309 g/mol. The van der Waals surface area contributed by atoms with Gasteiger partial charge in [-0.15, -0.1) is 0 Å². The Morgan fingerprint density at radius 1 is 1.29 bits per heavy atom. The molecule has 2 aromatic rings. The van der Waals surface area contributed by atoms with E-state index in [9.17, 15) is 14.0 Å². The summed E-state index contributed by atoms with van der Waals surface area (Å²) in [5.41, 5.74) is 0.460. The number of amides is 1. The molecule has 0 radical (unpaired) electrons. The summed E-state index contributed by atoms with van der Waals surface area (Å²) in [7, 11) is 0. The highest BCUT2D eigenvalue weighted by molar-refractivity contribution is 6.29. The predicted octanol–water partition coefficient (Wildman–Crippen LogP) is 2.67. The number of hydrogen-bond acceptors (Lipinski definition) is 4. The third-order valence-corrected chi connectivity index (χ3v) is 2.63. The average Bonchev–Trinajstić information content (AvgIpc) is 2.45. The van der Waals surface area contributed by atoms with E-state index in [1.165, 1.54) is 36.5 Å². The van der Waals surface area contributed by atoms with Crippen molar-refractivity contribution in [2.75, 3.05) is 11.9 Å². The normalized spacial score (nSPS) is 10.0. The molecule has 0 bridgehead atoms. The molecule has 0 fully saturated rings. The zero-order chi connectivity index (χ0) is 15.2. The quantitative estimate of drug-likeness (QED) is 0.696. The van der Waals surface area contributed by atoms with Crippen LogP contribution in [0.2, 0.25) is 5.15 Å². The first-order chi connectivity index (χ1) is 10.0. The topological polar surface area (TPSA) is 68.3 Å². The van der Waals surface area contributed by atoms with Gasteiger partial charge in [-0.25, -0.2) is 14.2 Å². The lowest BCUT2D eigenvalue weighted by atomic mass is 10.3. The van der Waals surface area contributed by atoms with Crippen molar-refractivity contribution < 1.29 is 18.7 Å². The van der Waals surface area contributed by atoms with Gasteiger partial charge in [-0.3, -0.25) is 4.79 Å². The molecule has 0 unspecified atom stereocenters. The second-order valence-corrected chi connectivity index (χ2v) is 4.39. The Kier molecular flexibility index (Phi) is 4.84.